The summed E-state index contributed by atoms with van der Waals surface area (Å²) in [7, 11) is 0. The summed E-state index contributed by atoms with van der Waals surface area (Å²) in [5.41, 5.74) is 5.35. The summed E-state index contributed by atoms with van der Waals surface area (Å²) >= 11 is 0. The minimum Gasteiger partial charge on any atom is -0.348 e. The van der Waals surface area contributed by atoms with Crippen LogP contribution in [-0.4, -0.2) is 25.2 Å². The number of amides is 1. The van der Waals surface area contributed by atoms with Crippen LogP contribution in [0.3, 0.4) is 0 Å². The van der Waals surface area contributed by atoms with E-state index in [0.29, 0.717) is 12.1 Å². The number of benzene rings is 2. The first kappa shape index (κ1) is 18.7. The first-order valence-electron chi connectivity index (χ1n) is 9.56. The molecule has 0 fully saturated rings. The van der Waals surface area contributed by atoms with Crippen molar-refractivity contribution in [3.63, 3.8) is 0 Å². The van der Waals surface area contributed by atoms with Gasteiger partial charge in [0.1, 0.15) is 0 Å². The average molecular weight is 385 g/mol. The first-order chi connectivity index (χ1) is 14.1. The fourth-order valence-electron chi connectivity index (χ4n) is 3.52. The van der Waals surface area contributed by atoms with Crippen LogP contribution in [0.1, 0.15) is 32.9 Å². The van der Waals surface area contributed by atoms with Crippen LogP contribution < -0.4 is 5.32 Å². The number of carbonyl (C=O) groups excluding carboxylic acids is 1. The summed E-state index contributed by atoms with van der Waals surface area (Å²) in [4.78, 5) is 17.0. The Hall–Kier alpha value is -3.67. The molecule has 0 unspecified atom stereocenters. The van der Waals surface area contributed by atoms with Gasteiger partial charge in [0.2, 0.25) is 0 Å². The topological polar surface area (TPSA) is 64.7 Å². The predicted octanol–water partition coefficient (Wildman–Crippen LogP) is 3.66. The number of nitrogens with one attached hydrogen (secondary N) is 1. The summed E-state index contributed by atoms with van der Waals surface area (Å²) in [6.45, 7) is 4.97. The highest BCUT2D eigenvalue weighted by Crippen LogP contribution is 2.18. The fraction of sp³-hybridized carbons (Fsp3) is 0.174. The lowest BCUT2D eigenvalue weighted by Crippen LogP contribution is -2.24. The van der Waals surface area contributed by atoms with E-state index in [-0.39, 0.29) is 5.91 Å². The van der Waals surface area contributed by atoms with E-state index in [4.69, 9.17) is 0 Å². The largest absolute Gasteiger partial charge is 0.348 e. The standard InChI is InChI=1S/C23H23N5O/c1-17-22(18(2)28(26-17)21-10-4-3-5-11-21)23(29)25-14-19-8-6-7-9-20(19)15-27-13-12-24-16-27/h3-13,16H,14-15H2,1-2H3,(H,25,29). The normalized spacial score (nSPS) is 10.8. The number of para-hydroxylation sites is 1. The zero-order valence-electron chi connectivity index (χ0n) is 16.5. The van der Waals surface area contributed by atoms with Crippen molar-refractivity contribution in [3.8, 4) is 5.69 Å². The summed E-state index contributed by atoms with van der Waals surface area (Å²) < 4.78 is 3.83. The van der Waals surface area contributed by atoms with Crippen LogP contribution >= 0.6 is 0 Å². The smallest absolute Gasteiger partial charge is 0.255 e. The Morgan fingerprint density at radius 2 is 1.72 bits per heavy atom. The number of carbonyl (C=O) groups is 1. The Bertz CT molecular complexity index is 1110. The Labute approximate surface area is 169 Å². The monoisotopic (exact) mass is 385 g/mol. The van der Waals surface area contributed by atoms with Crippen LogP contribution in [0.15, 0.2) is 73.3 Å². The minimum absolute atomic E-state index is 0.111. The quantitative estimate of drug-likeness (QED) is 0.551. The molecule has 2 heterocycles. The second-order valence-corrected chi connectivity index (χ2v) is 6.98. The third-order valence-corrected chi connectivity index (χ3v) is 4.99. The third-order valence-electron chi connectivity index (χ3n) is 4.99. The highest BCUT2D eigenvalue weighted by molar-refractivity contribution is 5.96. The van der Waals surface area contributed by atoms with E-state index in [1.807, 2.05) is 77.8 Å². The summed E-state index contributed by atoms with van der Waals surface area (Å²) in [5, 5.41) is 7.63. The lowest BCUT2D eigenvalue weighted by atomic mass is 10.1. The first-order valence-corrected chi connectivity index (χ1v) is 9.56. The maximum atomic E-state index is 13.0. The van der Waals surface area contributed by atoms with Crippen molar-refractivity contribution in [3.05, 3.63) is 101 Å². The molecular formula is C23H23N5O. The van der Waals surface area contributed by atoms with Crippen LogP contribution in [0, 0.1) is 13.8 Å². The SMILES string of the molecule is Cc1nn(-c2ccccc2)c(C)c1C(=O)NCc1ccccc1Cn1ccnc1. The van der Waals surface area contributed by atoms with E-state index in [0.717, 1.165) is 34.7 Å². The second-order valence-electron chi connectivity index (χ2n) is 6.98. The maximum absolute atomic E-state index is 13.0. The average Bonchev–Trinajstić information content (AvgIpc) is 3.35. The molecule has 0 aliphatic rings. The van der Waals surface area contributed by atoms with Gasteiger partial charge in [0.25, 0.3) is 5.91 Å². The van der Waals surface area contributed by atoms with Crippen LogP contribution in [-0.2, 0) is 13.1 Å². The van der Waals surface area contributed by atoms with Gasteiger partial charge < -0.3 is 9.88 Å². The molecule has 2 aromatic carbocycles. The van der Waals surface area contributed by atoms with E-state index in [1.165, 1.54) is 0 Å². The molecule has 0 radical (unpaired) electrons. The Balaban J connectivity index is 1.52. The van der Waals surface area contributed by atoms with Crippen molar-refractivity contribution < 1.29 is 4.79 Å². The van der Waals surface area contributed by atoms with Gasteiger partial charge in [0.05, 0.1) is 29.0 Å². The number of nitrogens with zero attached hydrogens (tertiary/aromatic N) is 4. The molecule has 0 aliphatic heterocycles. The maximum Gasteiger partial charge on any atom is 0.255 e. The van der Waals surface area contributed by atoms with Crippen molar-refractivity contribution in [2.24, 2.45) is 0 Å². The minimum atomic E-state index is -0.111. The highest BCUT2D eigenvalue weighted by Gasteiger charge is 2.19. The third kappa shape index (κ3) is 3.96. The fourth-order valence-corrected chi connectivity index (χ4v) is 3.52. The van der Waals surface area contributed by atoms with Crippen molar-refractivity contribution in [2.45, 2.75) is 26.9 Å². The number of aryl methyl sites for hydroxylation is 1. The number of rotatable bonds is 6. The van der Waals surface area contributed by atoms with Crippen molar-refractivity contribution in [1.82, 2.24) is 24.6 Å². The number of aromatic nitrogens is 4. The van der Waals surface area contributed by atoms with Gasteiger partial charge in [-0.25, -0.2) is 9.67 Å². The van der Waals surface area contributed by atoms with Crippen LogP contribution in [0.25, 0.3) is 5.69 Å². The summed E-state index contributed by atoms with van der Waals surface area (Å²) in [6.07, 6.45) is 5.49. The van der Waals surface area contributed by atoms with Crippen LogP contribution in [0.5, 0.6) is 0 Å². The highest BCUT2D eigenvalue weighted by atomic mass is 16.1. The molecule has 0 atom stereocenters. The molecule has 2 aromatic heterocycles. The molecule has 0 saturated carbocycles. The summed E-state index contributed by atoms with van der Waals surface area (Å²) in [5.74, 6) is -0.111. The number of hydrogen-bond donors (Lipinski definition) is 1. The second kappa shape index (κ2) is 8.14. The molecule has 29 heavy (non-hydrogen) atoms. The molecule has 0 saturated heterocycles. The molecule has 4 aromatic rings. The van der Waals surface area contributed by atoms with E-state index < -0.39 is 0 Å². The molecule has 0 spiro atoms. The van der Waals surface area contributed by atoms with Crippen molar-refractivity contribution in [1.29, 1.82) is 0 Å². The van der Waals surface area contributed by atoms with Gasteiger partial charge in [-0.15, -0.1) is 0 Å². The van der Waals surface area contributed by atoms with Crippen LogP contribution in [0.4, 0.5) is 0 Å². The molecule has 1 amide bonds. The predicted molar refractivity (Wildman–Crippen MR) is 112 cm³/mol. The lowest BCUT2D eigenvalue weighted by molar-refractivity contribution is 0.0949. The Morgan fingerprint density at radius 1 is 1.00 bits per heavy atom. The van der Waals surface area contributed by atoms with Gasteiger partial charge in [-0.05, 0) is 37.1 Å². The Kier molecular flexibility index (Phi) is 5.24. The number of imidazole rings is 1. The summed E-state index contributed by atoms with van der Waals surface area (Å²) in [6, 6.07) is 18.0. The number of hydrogen-bond acceptors (Lipinski definition) is 3. The lowest BCUT2D eigenvalue weighted by Gasteiger charge is -2.12. The van der Waals surface area contributed by atoms with Crippen molar-refractivity contribution >= 4 is 5.91 Å². The molecule has 4 rings (SSSR count). The van der Waals surface area contributed by atoms with Crippen molar-refractivity contribution in [2.75, 3.05) is 0 Å². The van der Waals surface area contributed by atoms with E-state index >= 15 is 0 Å². The van der Waals surface area contributed by atoms with Gasteiger partial charge in [0, 0.05) is 25.5 Å². The van der Waals surface area contributed by atoms with Gasteiger partial charge in [0.15, 0.2) is 0 Å². The molecule has 1 N–H and O–H groups in total. The van der Waals surface area contributed by atoms with Gasteiger partial charge >= 0.3 is 0 Å². The van der Waals surface area contributed by atoms with Gasteiger partial charge in [-0.2, -0.15) is 5.10 Å². The Morgan fingerprint density at radius 3 is 2.45 bits per heavy atom. The van der Waals surface area contributed by atoms with Gasteiger partial charge in [-0.3, -0.25) is 4.79 Å². The van der Waals surface area contributed by atoms with Gasteiger partial charge in [-0.1, -0.05) is 42.5 Å². The molecule has 146 valence electrons. The molecule has 6 nitrogen and oxygen atoms in total. The van der Waals surface area contributed by atoms with Crippen LogP contribution in [0.2, 0.25) is 0 Å². The van der Waals surface area contributed by atoms with E-state index in [2.05, 4.69) is 21.5 Å². The molecule has 0 aliphatic carbocycles. The molecular weight excluding hydrogens is 362 g/mol. The van der Waals surface area contributed by atoms with E-state index in [9.17, 15) is 4.79 Å². The molecule has 6 heteroatoms. The molecule has 0 bridgehead atoms. The zero-order chi connectivity index (χ0) is 20.2. The zero-order valence-corrected chi connectivity index (χ0v) is 16.5. The van der Waals surface area contributed by atoms with E-state index in [1.54, 1.807) is 12.5 Å².